The Morgan fingerprint density at radius 2 is 2.12 bits per heavy atom. The summed E-state index contributed by atoms with van der Waals surface area (Å²) in [6.07, 6.45) is 2.45. The quantitative estimate of drug-likeness (QED) is 0.837. The number of carboxylic acid groups (broad SMARTS) is 1. The summed E-state index contributed by atoms with van der Waals surface area (Å²) in [7, 11) is 0. The first-order valence-corrected chi connectivity index (χ1v) is 5.84. The third-order valence-electron chi connectivity index (χ3n) is 3.21. The van der Waals surface area contributed by atoms with E-state index in [1.54, 1.807) is 0 Å². The van der Waals surface area contributed by atoms with Gasteiger partial charge in [-0.3, -0.25) is 4.79 Å². The van der Waals surface area contributed by atoms with Crippen molar-refractivity contribution in [3.63, 3.8) is 0 Å². The van der Waals surface area contributed by atoms with E-state index < -0.39 is 11.5 Å². The van der Waals surface area contributed by atoms with E-state index in [-0.39, 0.29) is 6.10 Å². The highest BCUT2D eigenvalue weighted by Crippen LogP contribution is 2.29. The molecule has 92 valence electrons. The van der Waals surface area contributed by atoms with Gasteiger partial charge < -0.3 is 15.6 Å². The first-order chi connectivity index (χ1) is 8.10. The Bertz CT molecular complexity index is 393. The van der Waals surface area contributed by atoms with E-state index in [0.29, 0.717) is 12.8 Å². The van der Waals surface area contributed by atoms with Gasteiger partial charge in [0.05, 0.1) is 0 Å². The fraction of sp³-hybridized carbons (Fsp3) is 0.462. The molecule has 4 heteroatoms. The Balaban J connectivity index is 2.01. The van der Waals surface area contributed by atoms with Gasteiger partial charge in [0.15, 0.2) is 0 Å². The minimum Gasteiger partial charge on any atom is -0.490 e. The summed E-state index contributed by atoms with van der Waals surface area (Å²) in [4.78, 5) is 11.1. The van der Waals surface area contributed by atoms with Crippen LogP contribution < -0.4 is 10.5 Å². The maximum Gasteiger partial charge on any atom is 0.323 e. The van der Waals surface area contributed by atoms with E-state index in [4.69, 9.17) is 15.6 Å². The molecule has 1 aliphatic rings. The maximum atomic E-state index is 11.1. The summed E-state index contributed by atoms with van der Waals surface area (Å²) >= 11 is 0. The highest BCUT2D eigenvalue weighted by molar-refractivity contribution is 5.78. The highest BCUT2D eigenvalue weighted by atomic mass is 16.5. The van der Waals surface area contributed by atoms with Crippen LogP contribution in [0.1, 0.15) is 25.7 Å². The minimum atomic E-state index is -1.13. The third kappa shape index (κ3) is 2.77. The molecule has 3 N–H and O–H groups in total. The van der Waals surface area contributed by atoms with Gasteiger partial charge in [0, 0.05) is 6.42 Å². The summed E-state index contributed by atoms with van der Waals surface area (Å²) in [6.45, 7) is 0. The van der Waals surface area contributed by atoms with E-state index in [2.05, 4.69) is 0 Å². The van der Waals surface area contributed by atoms with Crippen molar-refractivity contribution in [1.29, 1.82) is 0 Å². The summed E-state index contributed by atoms with van der Waals surface area (Å²) in [5.74, 6) is -0.161. The Labute approximate surface area is 100 Å². The zero-order valence-corrected chi connectivity index (χ0v) is 9.63. The summed E-state index contributed by atoms with van der Waals surface area (Å²) in [6, 6.07) is 9.44. The van der Waals surface area contributed by atoms with Gasteiger partial charge in [-0.1, -0.05) is 18.2 Å². The molecule has 1 saturated carbocycles. The topological polar surface area (TPSA) is 72.6 Å². The summed E-state index contributed by atoms with van der Waals surface area (Å²) < 4.78 is 5.76. The zero-order valence-electron chi connectivity index (χ0n) is 9.63. The molecule has 0 aliphatic heterocycles. The molecule has 1 aliphatic carbocycles. The van der Waals surface area contributed by atoms with Gasteiger partial charge in [0.2, 0.25) is 0 Å². The SMILES string of the molecule is NC1(C(=O)O)CCCC(Oc2ccccc2)C1. The van der Waals surface area contributed by atoms with Crippen LogP contribution in [0.15, 0.2) is 30.3 Å². The number of hydrogen-bond acceptors (Lipinski definition) is 3. The molecule has 2 unspecified atom stereocenters. The van der Waals surface area contributed by atoms with E-state index in [0.717, 1.165) is 18.6 Å². The molecule has 0 spiro atoms. The van der Waals surface area contributed by atoms with Crippen LogP contribution in [0.2, 0.25) is 0 Å². The second-order valence-electron chi connectivity index (χ2n) is 4.61. The number of hydrogen-bond donors (Lipinski definition) is 2. The number of ether oxygens (including phenoxy) is 1. The monoisotopic (exact) mass is 235 g/mol. The molecule has 2 rings (SSSR count). The lowest BCUT2D eigenvalue weighted by molar-refractivity contribution is -0.145. The molecule has 1 aromatic carbocycles. The van der Waals surface area contributed by atoms with Gasteiger partial charge in [-0.15, -0.1) is 0 Å². The number of nitrogens with two attached hydrogens (primary N) is 1. The largest absolute Gasteiger partial charge is 0.490 e. The van der Waals surface area contributed by atoms with E-state index >= 15 is 0 Å². The van der Waals surface area contributed by atoms with Crippen molar-refractivity contribution in [3.8, 4) is 5.75 Å². The molecule has 1 fully saturated rings. The number of carboxylic acids is 1. The minimum absolute atomic E-state index is 0.104. The van der Waals surface area contributed by atoms with Gasteiger partial charge in [-0.25, -0.2) is 0 Å². The second-order valence-corrected chi connectivity index (χ2v) is 4.61. The van der Waals surface area contributed by atoms with Crippen LogP contribution >= 0.6 is 0 Å². The second kappa shape index (κ2) is 4.75. The van der Waals surface area contributed by atoms with Crippen LogP contribution in [-0.4, -0.2) is 22.7 Å². The van der Waals surface area contributed by atoms with Gasteiger partial charge in [-0.2, -0.15) is 0 Å². The number of benzene rings is 1. The smallest absolute Gasteiger partial charge is 0.323 e. The Hall–Kier alpha value is -1.55. The number of para-hydroxylation sites is 1. The van der Waals surface area contributed by atoms with Crippen LogP contribution in [0.5, 0.6) is 5.75 Å². The van der Waals surface area contributed by atoms with Crippen molar-refractivity contribution in [3.05, 3.63) is 30.3 Å². The fourth-order valence-corrected chi connectivity index (χ4v) is 2.24. The van der Waals surface area contributed by atoms with Crippen LogP contribution in [0.4, 0.5) is 0 Å². The Morgan fingerprint density at radius 1 is 1.41 bits per heavy atom. The summed E-state index contributed by atoms with van der Waals surface area (Å²) in [5.41, 5.74) is 4.74. The molecule has 0 saturated heterocycles. The Morgan fingerprint density at radius 3 is 2.76 bits per heavy atom. The molecular weight excluding hydrogens is 218 g/mol. The van der Waals surface area contributed by atoms with Crippen molar-refractivity contribution in [1.82, 2.24) is 0 Å². The predicted octanol–water partition coefficient (Wildman–Crippen LogP) is 1.79. The average Bonchev–Trinajstić information content (AvgIpc) is 2.30. The summed E-state index contributed by atoms with van der Waals surface area (Å²) in [5, 5.41) is 9.10. The molecule has 0 radical (unpaired) electrons. The molecule has 0 heterocycles. The van der Waals surface area contributed by atoms with E-state index in [9.17, 15) is 4.79 Å². The lowest BCUT2D eigenvalue weighted by Crippen LogP contribution is -2.53. The molecule has 1 aromatic rings. The van der Waals surface area contributed by atoms with E-state index in [1.807, 2.05) is 30.3 Å². The fourth-order valence-electron chi connectivity index (χ4n) is 2.24. The molecule has 17 heavy (non-hydrogen) atoms. The number of rotatable bonds is 3. The van der Waals surface area contributed by atoms with Crippen molar-refractivity contribution in [2.24, 2.45) is 5.73 Å². The van der Waals surface area contributed by atoms with Crippen LogP contribution in [0.25, 0.3) is 0 Å². The van der Waals surface area contributed by atoms with Gasteiger partial charge >= 0.3 is 5.97 Å². The zero-order chi connectivity index (χ0) is 12.3. The lowest BCUT2D eigenvalue weighted by atomic mass is 9.81. The van der Waals surface area contributed by atoms with Crippen molar-refractivity contribution >= 4 is 5.97 Å². The lowest BCUT2D eigenvalue weighted by Gasteiger charge is -2.34. The first kappa shape index (κ1) is 11.9. The van der Waals surface area contributed by atoms with Crippen LogP contribution in [0.3, 0.4) is 0 Å². The normalized spacial score (nSPS) is 28.6. The average molecular weight is 235 g/mol. The van der Waals surface area contributed by atoms with Gasteiger partial charge in [-0.05, 0) is 31.4 Å². The Kier molecular flexibility index (Phi) is 3.33. The molecule has 0 amide bonds. The first-order valence-electron chi connectivity index (χ1n) is 5.84. The number of aliphatic carboxylic acids is 1. The molecule has 0 bridgehead atoms. The maximum absolute atomic E-state index is 11.1. The molecular formula is C13H17NO3. The van der Waals surface area contributed by atoms with Crippen LogP contribution in [-0.2, 0) is 4.79 Å². The van der Waals surface area contributed by atoms with E-state index in [1.165, 1.54) is 0 Å². The highest BCUT2D eigenvalue weighted by Gasteiger charge is 2.40. The van der Waals surface area contributed by atoms with Crippen molar-refractivity contribution in [2.75, 3.05) is 0 Å². The van der Waals surface area contributed by atoms with Crippen molar-refractivity contribution < 1.29 is 14.6 Å². The molecule has 4 nitrogen and oxygen atoms in total. The van der Waals surface area contributed by atoms with Gasteiger partial charge in [0.1, 0.15) is 17.4 Å². The van der Waals surface area contributed by atoms with Crippen LogP contribution in [0, 0.1) is 0 Å². The third-order valence-corrected chi connectivity index (χ3v) is 3.21. The molecule has 2 atom stereocenters. The molecule has 0 aromatic heterocycles. The number of carbonyl (C=O) groups is 1. The predicted molar refractivity (Wildman–Crippen MR) is 63.9 cm³/mol. The standard InChI is InChI=1S/C13H17NO3/c14-13(12(15)16)8-4-7-11(9-13)17-10-5-2-1-3-6-10/h1-3,5-6,11H,4,7-9,14H2,(H,15,16). The van der Waals surface area contributed by atoms with Gasteiger partial charge in [0.25, 0.3) is 0 Å². The van der Waals surface area contributed by atoms with Crippen molar-refractivity contribution in [2.45, 2.75) is 37.3 Å².